The van der Waals surface area contributed by atoms with Crippen LogP contribution in [0.3, 0.4) is 0 Å². The minimum atomic E-state index is 0.789. The fourth-order valence-electron chi connectivity index (χ4n) is 1.81. The van der Waals surface area contributed by atoms with Gasteiger partial charge in [-0.05, 0) is 25.7 Å². The van der Waals surface area contributed by atoms with E-state index in [-0.39, 0.29) is 0 Å². The molecule has 1 fully saturated rings. The maximum absolute atomic E-state index is 2.52. The lowest BCUT2D eigenvalue weighted by Crippen LogP contribution is -2.41. The van der Waals surface area contributed by atoms with Crippen LogP contribution >= 0.6 is 22.9 Å². The van der Waals surface area contributed by atoms with E-state index in [1.165, 1.54) is 19.3 Å². The van der Waals surface area contributed by atoms with Gasteiger partial charge in [0.2, 0.25) is 0 Å². The summed E-state index contributed by atoms with van der Waals surface area (Å²) in [6, 6.07) is 1.61. The second-order valence-electron chi connectivity index (χ2n) is 3.94. The molecule has 1 aliphatic rings. The average molecular weight is 267 g/mol. The molecule has 1 heterocycles. The fourth-order valence-corrected chi connectivity index (χ4v) is 3.01. The standard InChI is InChI=1S/C9H18IN/c1-7(2)9-6-4-5-8(3)11(9)10/h7-9H,4-6H2,1-3H3. The molecule has 0 amide bonds. The van der Waals surface area contributed by atoms with Crippen LogP contribution in [-0.4, -0.2) is 15.2 Å². The second-order valence-corrected chi connectivity index (χ2v) is 5.05. The molecule has 0 aromatic heterocycles. The van der Waals surface area contributed by atoms with Crippen LogP contribution in [0, 0.1) is 5.92 Å². The Morgan fingerprint density at radius 2 is 2.00 bits per heavy atom. The van der Waals surface area contributed by atoms with Crippen LogP contribution < -0.4 is 0 Å². The van der Waals surface area contributed by atoms with E-state index in [2.05, 4.69) is 46.7 Å². The highest BCUT2D eigenvalue weighted by atomic mass is 127. The van der Waals surface area contributed by atoms with E-state index < -0.39 is 0 Å². The summed E-state index contributed by atoms with van der Waals surface area (Å²) in [5.41, 5.74) is 0. The Kier molecular flexibility index (Phi) is 3.62. The van der Waals surface area contributed by atoms with Gasteiger partial charge in [-0.3, -0.25) is 0 Å². The van der Waals surface area contributed by atoms with Crippen molar-refractivity contribution in [2.24, 2.45) is 5.92 Å². The number of hydrogen-bond donors (Lipinski definition) is 0. The van der Waals surface area contributed by atoms with E-state index in [1.807, 2.05) is 0 Å². The first kappa shape index (κ1) is 9.78. The largest absolute Gasteiger partial charge is 0.241 e. The third-order valence-electron chi connectivity index (χ3n) is 2.63. The highest BCUT2D eigenvalue weighted by Gasteiger charge is 2.27. The molecule has 2 unspecified atom stereocenters. The molecule has 0 aromatic rings. The summed E-state index contributed by atoms with van der Waals surface area (Å²) in [6.07, 6.45) is 4.20. The second kappa shape index (κ2) is 4.08. The quantitative estimate of drug-likeness (QED) is 0.520. The molecule has 0 saturated carbocycles. The fraction of sp³-hybridized carbons (Fsp3) is 1.00. The molecule has 0 radical (unpaired) electrons. The molecular weight excluding hydrogens is 249 g/mol. The van der Waals surface area contributed by atoms with Crippen molar-refractivity contribution < 1.29 is 0 Å². The molecule has 1 saturated heterocycles. The summed E-state index contributed by atoms with van der Waals surface area (Å²) >= 11 is 2.49. The molecule has 1 rings (SSSR count). The van der Waals surface area contributed by atoms with E-state index >= 15 is 0 Å². The van der Waals surface area contributed by atoms with Gasteiger partial charge in [0.15, 0.2) is 0 Å². The molecule has 1 aliphatic heterocycles. The highest BCUT2D eigenvalue weighted by Crippen LogP contribution is 2.30. The van der Waals surface area contributed by atoms with Crippen molar-refractivity contribution in [3.8, 4) is 0 Å². The lowest BCUT2D eigenvalue weighted by atomic mass is 9.92. The molecule has 0 bridgehead atoms. The van der Waals surface area contributed by atoms with Gasteiger partial charge in [0, 0.05) is 34.9 Å². The summed E-state index contributed by atoms with van der Waals surface area (Å²) in [7, 11) is 0. The molecule has 0 aliphatic carbocycles. The Bertz CT molecular complexity index is 125. The molecule has 0 aromatic carbocycles. The zero-order chi connectivity index (χ0) is 8.43. The minimum Gasteiger partial charge on any atom is -0.241 e. The first-order valence-electron chi connectivity index (χ1n) is 4.57. The molecule has 11 heavy (non-hydrogen) atoms. The van der Waals surface area contributed by atoms with Gasteiger partial charge in [-0.15, -0.1) is 0 Å². The van der Waals surface area contributed by atoms with E-state index in [0.29, 0.717) is 0 Å². The number of rotatable bonds is 1. The van der Waals surface area contributed by atoms with Crippen LogP contribution in [0.1, 0.15) is 40.0 Å². The molecule has 66 valence electrons. The topological polar surface area (TPSA) is 3.24 Å². The molecule has 0 spiro atoms. The SMILES string of the molecule is CC(C)C1CCCC(C)N1I. The third kappa shape index (κ3) is 2.31. The summed E-state index contributed by atoms with van der Waals surface area (Å²) < 4.78 is 2.52. The van der Waals surface area contributed by atoms with Gasteiger partial charge in [0.05, 0.1) is 0 Å². The first-order chi connectivity index (χ1) is 5.13. The lowest BCUT2D eigenvalue weighted by molar-refractivity contribution is 0.188. The van der Waals surface area contributed by atoms with E-state index in [0.717, 1.165) is 18.0 Å². The molecule has 1 nitrogen and oxygen atoms in total. The van der Waals surface area contributed by atoms with Crippen molar-refractivity contribution in [1.29, 1.82) is 0 Å². The zero-order valence-electron chi connectivity index (χ0n) is 7.68. The van der Waals surface area contributed by atoms with Crippen molar-refractivity contribution in [2.75, 3.05) is 0 Å². The van der Waals surface area contributed by atoms with Crippen LogP contribution in [0.25, 0.3) is 0 Å². The summed E-state index contributed by atoms with van der Waals surface area (Å²) in [5.74, 6) is 0.814. The van der Waals surface area contributed by atoms with Crippen LogP contribution in [0.5, 0.6) is 0 Å². The number of piperidine rings is 1. The van der Waals surface area contributed by atoms with Crippen molar-refractivity contribution in [3.05, 3.63) is 0 Å². The summed E-state index contributed by atoms with van der Waals surface area (Å²) in [4.78, 5) is 0. The molecule has 2 heteroatoms. The van der Waals surface area contributed by atoms with E-state index in [4.69, 9.17) is 0 Å². The van der Waals surface area contributed by atoms with Crippen LogP contribution in [0.15, 0.2) is 0 Å². The van der Waals surface area contributed by atoms with Gasteiger partial charge in [0.25, 0.3) is 0 Å². The summed E-state index contributed by atoms with van der Waals surface area (Å²) in [5, 5.41) is 0. The van der Waals surface area contributed by atoms with Gasteiger partial charge < -0.3 is 0 Å². The zero-order valence-corrected chi connectivity index (χ0v) is 9.84. The lowest BCUT2D eigenvalue weighted by Gasteiger charge is -2.38. The minimum absolute atomic E-state index is 0.789. The highest BCUT2D eigenvalue weighted by molar-refractivity contribution is 14.1. The van der Waals surface area contributed by atoms with Crippen LogP contribution in [-0.2, 0) is 0 Å². The molecular formula is C9H18IN. The predicted molar refractivity (Wildman–Crippen MR) is 57.8 cm³/mol. The van der Waals surface area contributed by atoms with Crippen molar-refractivity contribution in [1.82, 2.24) is 3.11 Å². The maximum Gasteiger partial charge on any atom is 0.0220 e. The first-order valence-corrected chi connectivity index (χ1v) is 5.53. The Morgan fingerprint density at radius 3 is 2.45 bits per heavy atom. The number of hydrogen-bond acceptors (Lipinski definition) is 1. The third-order valence-corrected chi connectivity index (χ3v) is 4.30. The normalized spacial score (nSPS) is 34.6. The van der Waals surface area contributed by atoms with Gasteiger partial charge >= 0.3 is 0 Å². The predicted octanol–water partition coefficient (Wildman–Crippen LogP) is 3.24. The smallest absolute Gasteiger partial charge is 0.0220 e. The summed E-state index contributed by atoms with van der Waals surface area (Å²) in [6.45, 7) is 6.99. The van der Waals surface area contributed by atoms with Gasteiger partial charge in [-0.25, -0.2) is 3.11 Å². The van der Waals surface area contributed by atoms with Gasteiger partial charge in [-0.1, -0.05) is 20.3 Å². The van der Waals surface area contributed by atoms with E-state index in [1.54, 1.807) is 0 Å². The Balaban J connectivity index is 2.51. The van der Waals surface area contributed by atoms with Crippen LogP contribution in [0.4, 0.5) is 0 Å². The van der Waals surface area contributed by atoms with Gasteiger partial charge in [0.1, 0.15) is 0 Å². The van der Waals surface area contributed by atoms with Crippen molar-refractivity contribution in [3.63, 3.8) is 0 Å². The Hall–Kier alpha value is 0.690. The maximum atomic E-state index is 2.52. The van der Waals surface area contributed by atoms with Crippen molar-refractivity contribution in [2.45, 2.75) is 52.1 Å². The molecule has 0 N–H and O–H groups in total. The van der Waals surface area contributed by atoms with E-state index in [9.17, 15) is 0 Å². The van der Waals surface area contributed by atoms with Gasteiger partial charge in [-0.2, -0.15) is 0 Å². The monoisotopic (exact) mass is 267 g/mol. The number of nitrogens with zero attached hydrogens (tertiary/aromatic N) is 1. The molecule has 2 atom stereocenters. The number of halogens is 1. The van der Waals surface area contributed by atoms with Crippen molar-refractivity contribution >= 4 is 22.9 Å². The Labute approximate surface area is 84.0 Å². The average Bonchev–Trinajstić information content (AvgIpc) is 1.94. The van der Waals surface area contributed by atoms with Crippen LogP contribution in [0.2, 0.25) is 0 Å². The Morgan fingerprint density at radius 1 is 1.36 bits per heavy atom.